The molecule has 2 rings (SSSR count). The molecule has 0 bridgehead atoms. The normalized spacial score (nSPS) is 19.8. The Labute approximate surface area is 127 Å². The molecule has 0 saturated carbocycles. The van der Waals surface area contributed by atoms with Crippen LogP contribution in [0.4, 0.5) is 0 Å². The number of aromatic nitrogens is 2. The Kier molecular flexibility index (Phi) is 6.20. The third kappa shape index (κ3) is 5.76. The van der Waals surface area contributed by atoms with Crippen molar-refractivity contribution in [1.82, 2.24) is 20.2 Å². The fraction of sp³-hybridized carbons (Fsp3) is 0.786. The first-order valence-electron chi connectivity index (χ1n) is 7.76. The summed E-state index contributed by atoms with van der Waals surface area (Å²) in [7, 11) is -3.15. The van der Waals surface area contributed by atoms with Gasteiger partial charge in [0.1, 0.15) is 0 Å². The topological polar surface area (TPSA) is 86.9 Å². The number of rotatable bonds is 8. The number of H-pyrrole nitrogens is 1. The molecule has 0 amide bonds. The number of sulfonamides is 1. The third-order valence-corrected chi connectivity index (χ3v) is 5.44. The van der Waals surface area contributed by atoms with Crippen molar-refractivity contribution < 1.29 is 8.42 Å². The molecule has 7 heteroatoms. The van der Waals surface area contributed by atoms with Crippen molar-refractivity contribution in [3.05, 3.63) is 17.5 Å². The van der Waals surface area contributed by atoms with Gasteiger partial charge < -0.3 is 5.32 Å². The summed E-state index contributed by atoms with van der Waals surface area (Å²) < 4.78 is 26.6. The summed E-state index contributed by atoms with van der Waals surface area (Å²) in [6, 6.07) is 0.365. The molecule has 0 radical (unpaired) electrons. The molecule has 1 aliphatic heterocycles. The summed E-state index contributed by atoms with van der Waals surface area (Å²) in [6.45, 7) is 3.48. The van der Waals surface area contributed by atoms with Gasteiger partial charge in [-0.3, -0.25) is 5.10 Å². The highest BCUT2D eigenvalue weighted by atomic mass is 32.2. The molecule has 2 heterocycles. The molecular formula is C14H26N4O2S. The molecule has 1 aromatic rings. The van der Waals surface area contributed by atoms with E-state index in [-0.39, 0.29) is 5.75 Å². The van der Waals surface area contributed by atoms with Crippen LogP contribution in [0, 0.1) is 6.92 Å². The van der Waals surface area contributed by atoms with Crippen LogP contribution in [0.15, 0.2) is 6.20 Å². The summed E-state index contributed by atoms with van der Waals surface area (Å²) >= 11 is 0. The predicted octanol–water partition coefficient (Wildman–Crippen LogP) is 1.10. The number of piperidine rings is 1. The van der Waals surface area contributed by atoms with Gasteiger partial charge in [0.05, 0.1) is 11.9 Å². The van der Waals surface area contributed by atoms with Gasteiger partial charge in [-0.2, -0.15) is 5.10 Å². The zero-order valence-corrected chi connectivity index (χ0v) is 13.5. The van der Waals surface area contributed by atoms with Crippen LogP contribution < -0.4 is 10.0 Å². The van der Waals surface area contributed by atoms with Crippen molar-refractivity contribution in [3.63, 3.8) is 0 Å². The first-order valence-corrected chi connectivity index (χ1v) is 9.41. The smallest absolute Gasteiger partial charge is 0.211 e. The Balaban J connectivity index is 1.63. The fourth-order valence-corrected chi connectivity index (χ4v) is 3.87. The van der Waals surface area contributed by atoms with Gasteiger partial charge in [0.15, 0.2) is 0 Å². The number of nitrogens with one attached hydrogen (secondary N) is 3. The maximum absolute atomic E-state index is 11.9. The molecular weight excluding hydrogens is 288 g/mol. The Morgan fingerprint density at radius 1 is 1.43 bits per heavy atom. The van der Waals surface area contributed by atoms with Crippen molar-refractivity contribution in [2.24, 2.45) is 0 Å². The van der Waals surface area contributed by atoms with Gasteiger partial charge in [-0.05, 0) is 51.1 Å². The molecule has 1 unspecified atom stereocenters. The van der Waals surface area contributed by atoms with Crippen LogP contribution in [0.5, 0.6) is 0 Å². The van der Waals surface area contributed by atoms with E-state index in [1.165, 1.54) is 12.8 Å². The lowest BCUT2D eigenvalue weighted by molar-refractivity contribution is 0.392. The second kappa shape index (κ2) is 7.91. The number of hydrogen-bond acceptors (Lipinski definition) is 4. The van der Waals surface area contributed by atoms with Crippen LogP contribution in [0.1, 0.15) is 43.4 Å². The Hall–Kier alpha value is -0.920. The van der Waals surface area contributed by atoms with Crippen LogP contribution in [-0.2, 0) is 16.4 Å². The molecule has 6 nitrogen and oxygen atoms in total. The molecule has 1 saturated heterocycles. The second-order valence-corrected chi connectivity index (χ2v) is 7.70. The van der Waals surface area contributed by atoms with Crippen molar-refractivity contribution >= 4 is 10.0 Å². The van der Waals surface area contributed by atoms with Crippen LogP contribution in [0.3, 0.4) is 0 Å². The molecule has 21 heavy (non-hydrogen) atoms. The lowest BCUT2D eigenvalue weighted by Crippen LogP contribution is -2.37. The average Bonchev–Trinajstić information content (AvgIpc) is 2.88. The Bertz CT molecular complexity index is 521. The summed E-state index contributed by atoms with van der Waals surface area (Å²) in [4.78, 5) is 0. The van der Waals surface area contributed by atoms with Crippen LogP contribution >= 0.6 is 0 Å². The van der Waals surface area contributed by atoms with Crippen LogP contribution in [-0.4, -0.2) is 43.5 Å². The fourth-order valence-electron chi connectivity index (χ4n) is 2.67. The van der Waals surface area contributed by atoms with E-state index in [1.807, 2.05) is 6.92 Å². The number of nitrogens with zero attached hydrogens (tertiary/aromatic N) is 1. The van der Waals surface area contributed by atoms with E-state index in [0.717, 1.165) is 37.1 Å². The third-order valence-electron chi connectivity index (χ3n) is 4.03. The van der Waals surface area contributed by atoms with Crippen molar-refractivity contribution in [1.29, 1.82) is 0 Å². The molecule has 1 aliphatic rings. The lowest BCUT2D eigenvalue weighted by Gasteiger charge is -2.23. The molecule has 1 atom stereocenters. The predicted molar refractivity (Wildman–Crippen MR) is 83.7 cm³/mol. The number of aryl methyl sites for hydroxylation is 2. The molecule has 0 aliphatic carbocycles. The Morgan fingerprint density at radius 2 is 2.29 bits per heavy atom. The molecule has 1 aromatic heterocycles. The molecule has 1 fully saturated rings. The lowest BCUT2D eigenvalue weighted by atomic mass is 10.0. The van der Waals surface area contributed by atoms with Crippen molar-refractivity contribution in [2.75, 3.05) is 18.8 Å². The van der Waals surface area contributed by atoms with Gasteiger partial charge in [0.2, 0.25) is 10.0 Å². The zero-order chi connectivity index (χ0) is 15.1. The van der Waals surface area contributed by atoms with Gasteiger partial charge in [-0.15, -0.1) is 0 Å². The van der Waals surface area contributed by atoms with Gasteiger partial charge in [-0.1, -0.05) is 6.42 Å². The number of aromatic amines is 1. The summed E-state index contributed by atoms with van der Waals surface area (Å²) in [5.74, 6) is 0.218. The van der Waals surface area contributed by atoms with E-state index < -0.39 is 10.0 Å². The Morgan fingerprint density at radius 3 is 2.95 bits per heavy atom. The highest BCUT2D eigenvalue weighted by Gasteiger charge is 2.17. The SMILES string of the molecule is Cc1[nH]ncc1CCCNS(=O)(=O)CCC1CCCCN1. The van der Waals surface area contributed by atoms with E-state index in [9.17, 15) is 8.42 Å². The minimum Gasteiger partial charge on any atom is -0.314 e. The molecule has 120 valence electrons. The standard InChI is InChI=1S/C14H26N4O2S/c1-12-13(11-16-18-12)5-4-9-17-21(19,20)10-7-14-6-2-3-8-15-14/h11,14-15,17H,2-10H2,1H3,(H,16,18). The maximum atomic E-state index is 11.9. The van der Waals surface area contributed by atoms with Gasteiger partial charge in [0.25, 0.3) is 0 Å². The number of hydrogen-bond donors (Lipinski definition) is 3. The van der Waals surface area contributed by atoms with Crippen LogP contribution in [0.2, 0.25) is 0 Å². The minimum atomic E-state index is -3.15. The quantitative estimate of drug-likeness (QED) is 0.627. The van der Waals surface area contributed by atoms with Gasteiger partial charge >= 0.3 is 0 Å². The highest BCUT2D eigenvalue weighted by molar-refractivity contribution is 7.89. The van der Waals surface area contributed by atoms with E-state index >= 15 is 0 Å². The van der Waals surface area contributed by atoms with E-state index in [0.29, 0.717) is 19.0 Å². The average molecular weight is 314 g/mol. The largest absolute Gasteiger partial charge is 0.314 e. The van der Waals surface area contributed by atoms with E-state index in [4.69, 9.17) is 0 Å². The van der Waals surface area contributed by atoms with Gasteiger partial charge in [0, 0.05) is 18.3 Å². The maximum Gasteiger partial charge on any atom is 0.211 e. The summed E-state index contributed by atoms with van der Waals surface area (Å²) in [5.41, 5.74) is 2.21. The highest BCUT2D eigenvalue weighted by Crippen LogP contribution is 2.11. The van der Waals surface area contributed by atoms with Crippen LogP contribution in [0.25, 0.3) is 0 Å². The molecule has 3 N–H and O–H groups in total. The van der Waals surface area contributed by atoms with Crippen molar-refractivity contribution in [3.8, 4) is 0 Å². The minimum absolute atomic E-state index is 0.218. The second-order valence-electron chi connectivity index (χ2n) is 5.77. The zero-order valence-electron chi connectivity index (χ0n) is 12.7. The summed E-state index contributed by atoms with van der Waals surface area (Å²) in [5, 5.41) is 10.2. The first-order chi connectivity index (χ1) is 10.1. The summed E-state index contributed by atoms with van der Waals surface area (Å²) in [6.07, 6.45) is 7.64. The monoisotopic (exact) mass is 314 g/mol. The van der Waals surface area contributed by atoms with Crippen molar-refractivity contribution in [2.45, 2.75) is 51.5 Å². The van der Waals surface area contributed by atoms with E-state index in [2.05, 4.69) is 20.2 Å². The molecule has 0 spiro atoms. The molecule has 0 aromatic carbocycles. The van der Waals surface area contributed by atoms with E-state index in [1.54, 1.807) is 6.20 Å². The first kappa shape index (κ1) is 16.5. The van der Waals surface area contributed by atoms with Gasteiger partial charge in [-0.25, -0.2) is 13.1 Å².